The first-order valence-corrected chi connectivity index (χ1v) is 6.20. The van der Waals surface area contributed by atoms with Gasteiger partial charge in [0.25, 0.3) is 0 Å². The Morgan fingerprint density at radius 1 is 1.44 bits per heavy atom. The van der Waals surface area contributed by atoms with Gasteiger partial charge >= 0.3 is 5.82 Å². The van der Waals surface area contributed by atoms with Crippen LogP contribution in [0.5, 0.6) is 0 Å². The molecule has 2 heterocycles. The molecular formula is C12H17N3O3. The average molecular weight is 251 g/mol. The van der Waals surface area contributed by atoms with Crippen molar-refractivity contribution in [3.05, 3.63) is 28.4 Å². The Morgan fingerprint density at radius 2 is 2.28 bits per heavy atom. The smallest absolute Gasteiger partial charge is 0.363 e. The fourth-order valence-electron chi connectivity index (χ4n) is 2.36. The Bertz CT molecular complexity index is 408. The van der Waals surface area contributed by atoms with Gasteiger partial charge in [0.05, 0.1) is 18.3 Å². The zero-order valence-electron chi connectivity index (χ0n) is 10.2. The third-order valence-electron chi connectivity index (χ3n) is 3.34. The number of hydrogen-bond acceptors (Lipinski definition) is 5. The lowest BCUT2D eigenvalue weighted by atomic mass is 10.1. The van der Waals surface area contributed by atoms with Crippen molar-refractivity contribution >= 4 is 11.5 Å². The summed E-state index contributed by atoms with van der Waals surface area (Å²) in [5.41, 5.74) is 0.849. The summed E-state index contributed by atoms with van der Waals surface area (Å²) in [5.74, 6) is -0.144. The number of nitrogens with zero attached hydrogens (tertiary/aromatic N) is 3. The molecule has 6 heteroatoms. The second kappa shape index (κ2) is 5.77. The molecule has 1 aliphatic heterocycles. The van der Waals surface area contributed by atoms with Crippen molar-refractivity contribution in [2.75, 3.05) is 18.1 Å². The van der Waals surface area contributed by atoms with Crippen molar-refractivity contribution in [2.24, 2.45) is 0 Å². The van der Waals surface area contributed by atoms with E-state index in [9.17, 15) is 15.2 Å². The van der Waals surface area contributed by atoms with Gasteiger partial charge in [0.2, 0.25) is 0 Å². The molecule has 0 spiro atoms. The lowest BCUT2D eigenvalue weighted by Gasteiger charge is -2.29. The molecule has 6 nitrogen and oxygen atoms in total. The van der Waals surface area contributed by atoms with E-state index in [1.165, 1.54) is 12.3 Å². The molecule has 1 fully saturated rings. The number of aliphatic hydroxyl groups excluding tert-OH is 1. The molecule has 1 atom stereocenters. The van der Waals surface area contributed by atoms with Gasteiger partial charge in [-0.15, -0.1) is 0 Å². The molecule has 1 N–H and O–H groups in total. The predicted molar refractivity (Wildman–Crippen MR) is 67.6 cm³/mol. The summed E-state index contributed by atoms with van der Waals surface area (Å²) < 4.78 is 0. The molecule has 0 aliphatic carbocycles. The number of aromatic nitrogens is 1. The molecule has 1 aliphatic rings. The zero-order chi connectivity index (χ0) is 13.0. The van der Waals surface area contributed by atoms with Gasteiger partial charge in [-0.25, -0.2) is 0 Å². The molecule has 0 saturated carbocycles. The fourth-order valence-corrected chi connectivity index (χ4v) is 2.36. The van der Waals surface area contributed by atoms with E-state index in [-0.39, 0.29) is 18.5 Å². The van der Waals surface area contributed by atoms with Gasteiger partial charge in [-0.1, -0.05) is 12.8 Å². The van der Waals surface area contributed by atoms with Crippen molar-refractivity contribution in [1.82, 2.24) is 4.98 Å². The second-order valence-corrected chi connectivity index (χ2v) is 4.51. The molecule has 1 aromatic heterocycles. The molecule has 1 unspecified atom stereocenters. The van der Waals surface area contributed by atoms with Crippen molar-refractivity contribution in [3.8, 4) is 0 Å². The van der Waals surface area contributed by atoms with E-state index < -0.39 is 4.92 Å². The number of aliphatic hydroxyl groups is 1. The summed E-state index contributed by atoms with van der Waals surface area (Å²) in [4.78, 5) is 16.0. The molecule has 98 valence electrons. The van der Waals surface area contributed by atoms with Crippen LogP contribution >= 0.6 is 0 Å². The van der Waals surface area contributed by atoms with Crippen molar-refractivity contribution in [3.63, 3.8) is 0 Å². The number of pyridine rings is 1. The largest absolute Gasteiger partial charge is 0.394 e. The van der Waals surface area contributed by atoms with Gasteiger partial charge in [-0.05, 0) is 28.8 Å². The minimum Gasteiger partial charge on any atom is -0.394 e. The zero-order valence-corrected chi connectivity index (χ0v) is 10.2. The maximum absolute atomic E-state index is 10.6. The van der Waals surface area contributed by atoms with Crippen LogP contribution in [-0.2, 0) is 0 Å². The molecular weight excluding hydrogens is 234 g/mol. The van der Waals surface area contributed by atoms with E-state index >= 15 is 0 Å². The van der Waals surface area contributed by atoms with Crippen LogP contribution in [0.4, 0.5) is 11.5 Å². The van der Waals surface area contributed by atoms with Crippen LogP contribution in [0.25, 0.3) is 0 Å². The Morgan fingerprint density at radius 3 is 2.89 bits per heavy atom. The molecule has 0 bridgehead atoms. The molecule has 1 aromatic rings. The highest BCUT2D eigenvalue weighted by atomic mass is 16.6. The minimum atomic E-state index is -0.504. The number of nitro groups is 1. The average Bonchev–Trinajstić information content (AvgIpc) is 2.63. The molecule has 0 radical (unpaired) electrons. The minimum absolute atomic E-state index is 0.0933. The van der Waals surface area contributed by atoms with Crippen LogP contribution in [-0.4, -0.2) is 34.2 Å². The van der Waals surface area contributed by atoms with Crippen molar-refractivity contribution < 1.29 is 10.0 Å². The van der Waals surface area contributed by atoms with E-state index in [0.717, 1.165) is 37.9 Å². The van der Waals surface area contributed by atoms with Crippen molar-refractivity contribution in [1.29, 1.82) is 0 Å². The number of hydrogen-bond donors (Lipinski definition) is 1. The Hall–Kier alpha value is -1.69. The standard InChI is InChI=1S/C12H17N3O3/c16-9-11-4-2-1-3-7-14(11)10-5-6-12(13-8-10)15(17)18/h5-6,8,11,16H,1-4,7,9H2. The normalized spacial score (nSPS) is 20.5. The summed E-state index contributed by atoms with van der Waals surface area (Å²) >= 11 is 0. The molecule has 0 amide bonds. The van der Waals surface area contributed by atoms with E-state index in [0.29, 0.717) is 0 Å². The van der Waals surface area contributed by atoms with Crippen LogP contribution in [0.15, 0.2) is 18.3 Å². The summed E-state index contributed by atoms with van der Waals surface area (Å²) in [6.45, 7) is 0.974. The van der Waals surface area contributed by atoms with Gasteiger partial charge in [-0.2, -0.15) is 0 Å². The summed E-state index contributed by atoms with van der Waals surface area (Å²) in [5, 5.41) is 20.0. The van der Waals surface area contributed by atoms with Crippen LogP contribution in [0, 0.1) is 10.1 Å². The fraction of sp³-hybridized carbons (Fsp3) is 0.583. The lowest BCUT2D eigenvalue weighted by molar-refractivity contribution is -0.389. The molecule has 1 saturated heterocycles. The van der Waals surface area contributed by atoms with Gasteiger partial charge in [0, 0.05) is 12.6 Å². The summed E-state index contributed by atoms with van der Waals surface area (Å²) in [7, 11) is 0. The summed E-state index contributed by atoms with van der Waals surface area (Å²) in [6.07, 6.45) is 5.82. The van der Waals surface area contributed by atoms with E-state index in [1.54, 1.807) is 6.07 Å². The first kappa shape index (κ1) is 12.8. The first-order chi connectivity index (χ1) is 8.72. The number of anilines is 1. The predicted octanol–water partition coefficient (Wildman–Crippen LogP) is 1.73. The Balaban J connectivity index is 2.19. The van der Waals surface area contributed by atoms with E-state index in [4.69, 9.17) is 0 Å². The van der Waals surface area contributed by atoms with Crippen LogP contribution in [0.1, 0.15) is 25.7 Å². The SMILES string of the molecule is O=[N+]([O-])c1ccc(N2CCCCCC2CO)cn1. The summed E-state index contributed by atoms with van der Waals surface area (Å²) in [6, 6.07) is 3.21. The van der Waals surface area contributed by atoms with E-state index in [2.05, 4.69) is 9.88 Å². The van der Waals surface area contributed by atoms with Crippen molar-refractivity contribution in [2.45, 2.75) is 31.7 Å². The molecule has 2 rings (SSSR count). The molecule has 0 aromatic carbocycles. The van der Waals surface area contributed by atoms with Crippen LogP contribution in [0.2, 0.25) is 0 Å². The van der Waals surface area contributed by atoms with E-state index in [1.807, 2.05) is 0 Å². The van der Waals surface area contributed by atoms with Gasteiger partial charge in [0.15, 0.2) is 6.20 Å². The highest BCUT2D eigenvalue weighted by Gasteiger charge is 2.22. The highest BCUT2D eigenvalue weighted by molar-refractivity contribution is 5.47. The monoisotopic (exact) mass is 251 g/mol. The van der Waals surface area contributed by atoms with Gasteiger partial charge in [0.1, 0.15) is 0 Å². The Kier molecular flexibility index (Phi) is 4.09. The van der Waals surface area contributed by atoms with Crippen LogP contribution in [0.3, 0.4) is 0 Å². The quantitative estimate of drug-likeness (QED) is 0.653. The lowest BCUT2D eigenvalue weighted by Crippen LogP contribution is -2.37. The molecule has 18 heavy (non-hydrogen) atoms. The maximum Gasteiger partial charge on any atom is 0.363 e. The third-order valence-corrected chi connectivity index (χ3v) is 3.34. The topological polar surface area (TPSA) is 79.5 Å². The first-order valence-electron chi connectivity index (χ1n) is 6.20. The Labute approximate surface area is 105 Å². The second-order valence-electron chi connectivity index (χ2n) is 4.51. The van der Waals surface area contributed by atoms with Gasteiger partial charge in [-0.3, -0.25) is 0 Å². The third kappa shape index (κ3) is 2.76. The maximum atomic E-state index is 10.6. The highest BCUT2D eigenvalue weighted by Crippen LogP contribution is 2.24. The number of rotatable bonds is 3. The van der Waals surface area contributed by atoms with Gasteiger partial charge < -0.3 is 20.1 Å². The van der Waals surface area contributed by atoms with Crippen LogP contribution < -0.4 is 4.90 Å².